The van der Waals surface area contributed by atoms with E-state index in [0.29, 0.717) is 21.9 Å². The zero-order valence-corrected chi connectivity index (χ0v) is 9.77. The number of pyridine rings is 1. The van der Waals surface area contributed by atoms with Crippen LogP contribution in [0.2, 0.25) is 0 Å². The fourth-order valence-corrected chi connectivity index (χ4v) is 2.60. The van der Waals surface area contributed by atoms with E-state index in [9.17, 15) is 8.78 Å². The Kier molecular flexibility index (Phi) is 1.93. The molecule has 2 aromatic carbocycles. The van der Waals surface area contributed by atoms with E-state index in [1.807, 2.05) is 6.07 Å². The van der Waals surface area contributed by atoms with Crippen LogP contribution in [0.25, 0.3) is 27.3 Å². The summed E-state index contributed by atoms with van der Waals surface area (Å²) in [5, 5.41) is 1.89. The molecular weight excluding hydrogens is 246 g/mol. The molecule has 2 heterocycles. The number of hydrogen-bond donors (Lipinski definition) is 0. The van der Waals surface area contributed by atoms with E-state index in [4.69, 9.17) is 0 Å². The smallest absolute Gasteiger partial charge is 0.145 e. The maximum atomic E-state index is 14.1. The molecule has 0 N–H and O–H groups in total. The topological polar surface area (TPSA) is 17.3 Å². The minimum atomic E-state index is -0.349. The Balaban J connectivity index is 2.45. The molecule has 0 unspecified atom stereocenters. The van der Waals surface area contributed by atoms with Gasteiger partial charge >= 0.3 is 0 Å². The fourth-order valence-electron chi connectivity index (χ4n) is 2.60. The number of fused-ring (bicyclic) bond motifs is 6. The van der Waals surface area contributed by atoms with E-state index in [-0.39, 0.29) is 11.6 Å². The summed E-state index contributed by atoms with van der Waals surface area (Å²) in [5.41, 5.74) is 1.25. The Morgan fingerprint density at radius 2 is 1.89 bits per heavy atom. The molecule has 2 aromatic heterocycles. The molecule has 2 nitrogen and oxygen atoms in total. The summed E-state index contributed by atoms with van der Waals surface area (Å²) >= 11 is 0. The molecule has 92 valence electrons. The Labute approximate surface area is 106 Å². The lowest BCUT2D eigenvalue weighted by molar-refractivity contribution is 0.629. The van der Waals surface area contributed by atoms with Crippen LogP contribution in [-0.4, -0.2) is 9.38 Å². The van der Waals surface area contributed by atoms with Gasteiger partial charge in [-0.25, -0.2) is 13.8 Å². The lowest BCUT2D eigenvalue weighted by Gasteiger charge is -2.08. The number of imidazole rings is 1. The maximum absolute atomic E-state index is 14.1. The normalized spacial score (nSPS) is 11.7. The first kappa shape index (κ1) is 10.4. The molecular formula is C15H8F2N2. The summed E-state index contributed by atoms with van der Waals surface area (Å²) in [5.74, 6) is -0.669. The van der Waals surface area contributed by atoms with Gasteiger partial charge in [0.1, 0.15) is 17.3 Å². The highest BCUT2D eigenvalue weighted by Crippen LogP contribution is 2.30. The van der Waals surface area contributed by atoms with Gasteiger partial charge in [-0.3, -0.25) is 4.40 Å². The maximum Gasteiger partial charge on any atom is 0.145 e. The zero-order chi connectivity index (χ0) is 13.0. The van der Waals surface area contributed by atoms with Gasteiger partial charge < -0.3 is 0 Å². The van der Waals surface area contributed by atoms with Gasteiger partial charge in [-0.1, -0.05) is 12.1 Å². The van der Waals surface area contributed by atoms with Crippen LogP contribution in [0.3, 0.4) is 0 Å². The van der Waals surface area contributed by atoms with Gasteiger partial charge in [-0.2, -0.15) is 0 Å². The van der Waals surface area contributed by atoms with E-state index >= 15 is 0 Å². The highest BCUT2D eigenvalue weighted by atomic mass is 19.1. The second-order valence-electron chi connectivity index (χ2n) is 4.44. The second kappa shape index (κ2) is 3.51. The third-order valence-electron chi connectivity index (χ3n) is 3.38. The third-order valence-corrected chi connectivity index (χ3v) is 3.38. The van der Waals surface area contributed by atoms with Crippen LogP contribution in [0.1, 0.15) is 0 Å². The minimum Gasteiger partial charge on any atom is -0.299 e. The van der Waals surface area contributed by atoms with Crippen LogP contribution >= 0.6 is 0 Å². The van der Waals surface area contributed by atoms with Crippen molar-refractivity contribution in [2.45, 2.75) is 0 Å². The van der Waals surface area contributed by atoms with Gasteiger partial charge in [0.25, 0.3) is 0 Å². The summed E-state index contributed by atoms with van der Waals surface area (Å²) < 4.78 is 29.3. The average molecular weight is 254 g/mol. The van der Waals surface area contributed by atoms with Crippen molar-refractivity contribution in [3.05, 3.63) is 60.4 Å². The summed E-state index contributed by atoms with van der Waals surface area (Å²) in [6.45, 7) is 0. The summed E-state index contributed by atoms with van der Waals surface area (Å²) in [4.78, 5) is 4.24. The molecule has 0 aliphatic rings. The van der Waals surface area contributed by atoms with Gasteiger partial charge in [-0.15, -0.1) is 0 Å². The van der Waals surface area contributed by atoms with Crippen LogP contribution in [0.4, 0.5) is 8.78 Å². The molecule has 0 radical (unpaired) electrons. The van der Waals surface area contributed by atoms with E-state index in [1.54, 1.807) is 28.9 Å². The summed E-state index contributed by atoms with van der Waals surface area (Å²) in [6, 6.07) is 9.23. The van der Waals surface area contributed by atoms with Crippen molar-refractivity contribution in [1.29, 1.82) is 0 Å². The first-order valence-corrected chi connectivity index (χ1v) is 5.88. The van der Waals surface area contributed by atoms with Gasteiger partial charge in [0.05, 0.1) is 5.52 Å². The molecule has 0 atom stereocenters. The molecule has 0 fully saturated rings. The van der Waals surface area contributed by atoms with Crippen molar-refractivity contribution in [1.82, 2.24) is 9.38 Å². The van der Waals surface area contributed by atoms with Crippen molar-refractivity contribution in [2.75, 3.05) is 0 Å². The minimum absolute atomic E-state index is 0.320. The zero-order valence-electron chi connectivity index (χ0n) is 9.77. The Morgan fingerprint density at radius 3 is 2.79 bits per heavy atom. The van der Waals surface area contributed by atoms with E-state index in [1.165, 1.54) is 18.2 Å². The van der Waals surface area contributed by atoms with Gasteiger partial charge in [0.15, 0.2) is 0 Å². The lowest BCUT2D eigenvalue weighted by atomic mass is 10.1. The van der Waals surface area contributed by atoms with Crippen LogP contribution in [-0.2, 0) is 0 Å². The number of benzene rings is 2. The van der Waals surface area contributed by atoms with Crippen molar-refractivity contribution in [2.24, 2.45) is 0 Å². The average Bonchev–Trinajstić information content (AvgIpc) is 2.88. The molecule has 4 rings (SSSR count). The Bertz CT molecular complexity index is 930. The number of hydrogen-bond acceptors (Lipinski definition) is 1. The molecule has 4 heteroatoms. The molecule has 0 spiro atoms. The Morgan fingerprint density at radius 1 is 1.00 bits per heavy atom. The highest BCUT2D eigenvalue weighted by Gasteiger charge is 2.12. The largest absolute Gasteiger partial charge is 0.299 e. The van der Waals surface area contributed by atoms with Gasteiger partial charge in [-0.05, 0) is 24.3 Å². The molecule has 0 saturated heterocycles. The van der Waals surface area contributed by atoms with E-state index in [0.717, 1.165) is 5.39 Å². The van der Waals surface area contributed by atoms with E-state index in [2.05, 4.69) is 4.98 Å². The predicted octanol–water partition coefficient (Wildman–Crippen LogP) is 3.92. The van der Waals surface area contributed by atoms with Gasteiger partial charge in [0, 0.05) is 28.6 Å². The van der Waals surface area contributed by atoms with Crippen molar-refractivity contribution >= 4 is 27.3 Å². The monoisotopic (exact) mass is 254 g/mol. The molecule has 0 bridgehead atoms. The molecule has 0 aliphatic carbocycles. The van der Waals surface area contributed by atoms with Crippen molar-refractivity contribution in [3.63, 3.8) is 0 Å². The predicted molar refractivity (Wildman–Crippen MR) is 70.1 cm³/mol. The lowest BCUT2D eigenvalue weighted by Crippen LogP contribution is -1.93. The van der Waals surface area contributed by atoms with E-state index < -0.39 is 0 Å². The van der Waals surface area contributed by atoms with Crippen molar-refractivity contribution < 1.29 is 8.78 Å². The van der Waals surface area contributed by atoms with Crippen LogP contribution < -0.4 is 0 Å². The standard InChI is InChI=1S/C15H8F2N2/c16-9-4-5-10-13(8-9)19-7-6-18-15(19)11-2-1-3-12(17)14(10)11/h1-8H. The van der Waals surface area contributed by atoms with Crippen LogP contribution in [0.15, 0.2) is 48.8 Å². The van der Waals surface area contributed by atoms with Crippen molar-refractivity contribution in [3.8, 4) is 0 Å². The fraction of sp³-hybridized carbons (Fsp3) is 0. The molecule has 0 aliphatic heterocycles. The number of halogens is 2. The highest BCUT2D eigenvalue weighted by molar-refractivity contribution is 6.11. The van der Waals surface area contributed by atoms with Crippen LogP contribution in [0, 0.1) is 11.6 Å². The van der Waals surface area contributed by atoms with Gasteiger partial charge in [0.2, 0.25) is 0 Å². The first-order valence-electron chi connectivity index (χ1n) is 5.88. The Hall–Kier alpha value is -2.49. The number of rotatable bonds is 0. The second-order valence-corrected chi connectivity index (χ2v) is 4.44. The number of nitrogens with zero attached hydrogens (tertiary/aromatic N) is 2. The molecule has 0 saturated carbocycles. The quantitative estimate of drug-likeness (QED) is 0.435. The molecule has 19 heavy (non-hydrogen) atoms. The SMILES string of the molecule is Fc1ccc2c3c(F)cccc3c3nccn3c2c1. The molecule has 0 amide bonds. The number of aromatic nitrogens is 2. The molecule has 4 aromatic rings. The summed E-state index contributed by atoms with van der Waals surface area (Å²) in [6.07, 6.45) is 3.38. The third kappa shape index (κ3) is 1.31. The van der Waals surface area contributed by atoms with Crippen LogP contribution in [0.5, 0.6) is 0 Å². The summed E-state index contributed by atoms with van der Waals surface area (Å²) in [7, 11) is 0. The first-order chi connectivity index (χ1) is 9.25.